The lowest BCUT2D eigenvalue weighted by atomic mass is 10.1. The van der Waals surface area contributed by atoms with E-state index in [0.717, 1.165) is 44.2 Å². The Morgan fingerprint density at radius 2 is 2.00 bits per heavy atom. The van der Waals surface area contributed by atoms with Gasteiger partial charge in [0.2, 0.25) is 5.91 Å². The summed E-state index contributed by atoms with van der Waals surface area (Å²) in [6.45, 7) is 7.93. The third-order valence-corrected chi connectivity index (χ3v) is 5.02. The van der Waals surface area contributed by atoms with E-state index in [1.807, 2.05) is 12.1 Å². The minimum Gasteiger partial charge on any atom is -0.379 e. The van der Waals surface area contributed by atoms with Crippen LogP contribution in [-0.2, 0) is 9.53 Å². The van der Waals surface area contributed by atoms with Gasteiger partial charge in [0.25, 0.3) is 0 Å². The highest BCUT2D eigenvalue weighted by atomic mass is 32.2. The lowest BCUT2D eigenvalue weighted by Gasteiger charge is -2.32. The molecule has 1 aromatic rings. The molecular weight excluding hydrogens is 296 g/mol. The molecule has 0 aromatic heterocycles. The first-order chi connectivity index (χ1) is 10.7. The summed E-state index contributed by atoms with van der Waals surface area (Å²) in [5, 5.41) is 2.95. The predicted octanol–water partition coefficient (Wildman–Crippen LogP) is 3.16. The molecule has 2 rings (SSSR count). The lowest BCUT2D eigenvalue weighted by Crippen LogP contribution is -2.38. The summed E-state index contributed by atoms with van der Waals surface area (Å²) in [4.78, 5) is 14.2. The van der Waals surface area contributed by atoms with E-state index < -0.39 is 0 Å². The van der Waals surface area contributed by atoms with Gasteiger partial charge in [-0.05, 0) is 36.8 Å². The minimum absolute atomic E-state index is 0.0763. The van der Waals surface area contributed by atoms with Crippen LogP contribution in [0.15, 0.2) is 24.3 Å². The van der Waals surface area contributed by atoms with Gasteiger partial charge in [-0.1, -0.05) is 19.1 Å². The van der Waals surface area contributed by atoms with Gasteiger partial charge in [-0.15, -0.1) is 0 Å². The van der Waals surface area contributed by atoms with Crippen molar-refractivity contribution < 1.29 is 9.53 Å². The first-order valence-electron chi connectivity index (χ1n) is 8.00. The molecule has 1 heterocycles. The van der Waals surface area contributed by atoms with Crippen LogP contribution in [0.25, 0.3) is 0 Å². The smallest absolute Gasteiger partial charge is 0.234 e. The molecule has 22 heavy (non-hydrogen) atoms. The van der Waals surface area contributed by atoms with Gasteiger partial charge in [0, 0.05) is 24.8 Å². The monoisotopic (exact) mass is 322 g/mol. The third kappa shape index (κ3) is 5.30. The highest BCUT2D eigenvalue weighted by molar-refractivity contribution is 7.99. The van der Waals surface area contributed by atoms with E-state index in [1.165, 1.54) is 5.56 Å². The standard InChI is InChI=1S/C17H26N2O2S/c1-3-12-22-13-17(20)18-16-6-4-15(5-7-16)14(2)19-8-10-21-11-9-19/h4-7,14H,3,8-13H2,1-2H3,(H,18,20)/t14-/m0/s1. The molecule has 1 amide bonds. The molecule has 5 heteroatoms. The van der Waals surface area contributed by atoms with E-state index >= 15 is 0 Å². The van der Waals surface area contributed by atoms with Crippen molar-refractivity contribution in [2.24, 2.45) is 0 Å². The number of hydrogen-bond acceptors (Lipinski definition) is 4. The van der Waals surface area contributed by atoms with Gasteiger partial charge in [-0.25, -0.2) is 0 Å². The Balaban J connectivity index is 1.85. The van der Waals surface area contributed by atoms with Crippen LogP contribution in [0.5, 0.6) is 0 Å². The van der Waals surface area contributed by atoms with Gasteiger partial charge in [0.05, 0.1) is 19.0 Å². The molecule has 1 aromatic carbocycles. The number of ether oxygens (including phenoxy) is 1. The minimum atomic E-state index is 0.0763. The molecule has 1 atom stereocenters. The van der Waals surface area contributed by atoms with Crippen LogP contribution in [0.4, 0.5) is 5.69 Å². The SMILES string of the molecule is CCCSCC(=O)Nc1ccc([C@H](C)N2CCOCC2)cc1. The van der Waals surface area contributed by atoms with Crippen molar-refractivity contribution in [1.29, 1.82) is 0 Å². The van der Waals surface area contributed by atoms with Crippen LogP contribution in [0, 0.1) is 0 Å². The zero-order valence-electron chi connectivity index (χ0n) is 13.5. The molecule has 122 valence electrons. The highest BCUT2D eigenvalue weighted by Gasteiger charge is 2.18. The molecular formula is C17H26N2O2S. The van der Waals surface area contributed by atoms with Crippen LogP contribution < -0.4 is 5.32 Å². The summed E-state index contributed by atoms with van der Waals surface area (Å²) in [6, 6.07) is 8.58. The van der Waals surface area contributed by atoms with Crippen molar-refractivity contribution in [3.63, 3.8) is 0 Å². The average Bonchev–Trinajstić information content (AvgIpc) is 2.56. The van der Waals surface area contributed by atoms with Gasteiger partial charge in [-0.3, -0.25) is 9.69 Å². The second-order valence-corrected chi connectivity index (χ2v) is 6.65. The van der Waals surface area contributed by atoms with Crippen LogP contribution in [-0.4, -0.2) is 48.6 Å². The van der Waals surface area contributed by atoms with Crippen molar-refractivity contribution in [1.82, 2.24) is 4.90 Å². The molecule has 0 bridgehead atoms. The normalized spacial score (nSPS) is 17.2. The van der Waals surface area contributed by atoms with E-state index in [4.69, 9.17) is 4.74 Å². The first-order valence-corrected chi connectivity index (χ1v) is 9.15. The lowest BCUT2D eigenvalue weighted by molar-refractivity contribution is -0.113. The number of hydrogen-bond donors (Lipinski definition) is 1. The molecule has 1 saturated heterocycles. The summed E-state index contributed by atoms with van der Waals surface area (Å²) in [5.74, 6) is 1.64. The number of benzene rings is 1. The molecule has 1 N–H and O–H groups in total. The van der Waals surface area contributed by atoms with Crippen molar-refractivity contribution in [3.05, 3.63) is 29.8 Å². The number of thioether (sulfide) groups is 1. The number of morpholine rings is 1. The van der Waals surface area contributed by atoms with Crippen LogP contribution in [0.3, 0.4) is 0 Å². The predicted molar refractivity (Wildman–Crippen MR) is 93.5 cm³/mol. The highest BCUT2D eigenvalue weighted by Crippen LogP contribution is 2.22. The Kier molecular flexibility index (Phi) is 7.22. The molecule has 0 saturated carbocycles. The molecule has 0 radical (unpaired) electrons. The fourth-order valence-electron chi connectivity index (χ4n) is 2.53. The maximum Gasteiger partial charge on any atom is 0.234 e. The molecule has 0 aliphatic carbocycles. The number of anilines is 1. The van der Waals surface area contributed by atoms with E-state index in [9.17, 15) is 4.79 Å². The summed E-state index contributed by atoms with van der Waals surface area (Å²) in [5.41, 5.74) is 2.15. The second-order valence-electron chi connectivity index (χ2n) is 5.55. The Hall–Kier alpha value is -1.04. The van der Waals surface area contributed by atoms with E-state index in [2.05, 4.69) is 36.2 Å². The zero-order valence-corrected chi connectivity index (χ0v) is 14.3. The molecule has 1 fully saturated rings. The quantitative estimate of drug-likeness (QED) is 0.783. The first kappa shape index (κ1) is 17.3. The summed E-state index contributed by atoms with van der Waals surface area (Å²) >= 11 is 1.68. The Bertz CT molecular complexity index is 458. The van der Waals surface area contributed by atoms with E-state index in [-0.39, 0.29) is 5.91 Å². The molecule has 1 aliphatic heterocycles. The summed E-state index contributed by atoms with van der Waals surface area (Å²) in [7, 11) is 0. The number of carbonyl (C=O) groups is 1. The van der Waals surface area contributed by atoms with Crippen molar-refractivity contribution in [2.45, 2.75) is 26.3 Å². The van der Waals surface area contributed by atoms with Crippen molar-refractivity contribution in [3.8, 4) is 0 Å². The Morgan fingerprint density at radius 3 is 2.64 bits per heavy atom. The van der Waals surface area contributed by atoms with Crippen molar-refractivity contribution in [2.75, 3.05) is 43.1 Å². The van der Waals surface area contributed by atoms with Gasteiger partial charge in [0.1, 0.15) is 0 Å². The summed E-state index contributed by atoms with van der Waals surface area (Å²) in [6.07, 6.45) is 1.10. The average molecular weight is 322 g/mol. The summed E-state index contributed by atoms with van der Waals surface area (Å²) < 4.78 is 5.40. The fraction of sp³-hybridized carbons (Fsp3) is 0.588. The van der Waals surface area contributed by atoms with Crippen LogP contribution in [0.1, 0.15) is 31.9 Å². The maximum absolute atomic E-state index is 11.8. The van der Waals surface area contributed by atoms with Gasteiger partial charge < -0.3 is 10.1 Å². The number of nitrogens with zero attached hydrogens (tertiary/aromatic N) is 1. The van der Waals surface area contributed by atoms with Crippen LogP contribution >= 0.6 is 11.8 Å². The van der Waals surface area contributed by atoms with Gasteiger partial charge >= 0.3 is 0 Å². The van der Waals surface area contributed by atoms with Crippen molar-refractivity contribution >= 4 is 23.4 Å². The molecule has 0 unspecified atom stereocenters. The molecule has 0 spiro atoms. The van der Waals surface area contributed by atoms with E-state index in [0.29, 0.717) is 11.8 Å². The van der Waals surface area contributed by atoms with Crippen LogP contribution in [0.2, 0.25) is 0 Å². The van der Waals surface area contributed by atoms with E-state index in [1.54, 1.807) is 11.8 Å². The zero-order chi connectivity index (χ0) is 15.8. The number of amides is 1. The molecule has 1 aliphatic rings. The number of rotatable bonds is 7. The van der Waals surface area contributed by atoms with Gasteiger partial charge in [0.15, 0.2) is 0 Å². The molecule has 4 nitrogen and oxygen atoms in total. The van der Waals surface area contributed by atoms with Gasteiger partial charge in [-0.2, -0.15) is 11.8 Å². The number of carbonyl (C=O) groups excluding carboxylic acids is 1. The second kappa shape index (κ2) is 9.18. The number of nitrogens with one attached hydrogen (secondary N) is 1. The fourth-order valence-corrected chi connectivity index (χ4v) is 3.22. The Labute approximate surface area is 137 Å². The Morgan fingerprint density at radius 1 is 1.32 bits per heavy atom. The largest absolute Gasteiger partial charge is 0.379 e. The maximum atomic E-state index is 11.8. The topological polar surface area (TPSA) is 41.6 Å². The third-order valence-electron chi connectivity index (χ3n) is 3.85.